The number of benzene rings is 2. The number of carbonyl (C=O) groups is 3. The van der Waals surface area contributed by atoms with E-state index in [2.05, 4.69) is 26.9 Å². The molecule has 11 heteroatoms. The van der Waals surface area contributed by atoms with E-state index in [1.165, 1.54) is 29.6 Å². The number of likely N-dealkylation sites (tertiary alicyclic amines) is 1. The first-order valence-electron chi connectivity index (χ1n) is 13.4. The van der Waals surface area contributed by atoms with Crippen molar-refractivity contribution in [2.24, 2.45) is 0 Å². The van der Waals surface area contributed by atoms with E-state index in [0.29, 0.717) is 29.8 Å². The second-order valence-electron chi connectivity index (χ2n) is 9.87. The number of nitrogens with zero attached hydrogens (tertiary/aromatic N) is 2. The maximum Gasteiger partial charge on any atom is 0.291 e. The lowest BCUT2D eigenvalue weighted by Gasteiger charge is -2.17. The average molecular weight is 597 g/mol. The molecule has 43 heavy (non-hydrogen) atoms. The first-order valence-corrected chi connectivity index (χ1v) is 15.0. The molecular weight excluding hydrogens is 568 g/mol. The first kappa shape index (κ1) is 29.3. The summed E-state index contributed by atoms with van der Waals surface area (Å²) in [5.41, 5.74) is 2.38. The van der Waals surface area contributed by atoms with E-state index >= 15 is 0 Å². The number of aromatic nitrogens is 1. The number of rotatable bonds is 6. The van der Waals surface area contributed by atoms with Crippen LogP contribution in [0.15, 0.2) is 94.7 Å². The number of aliphatic hydroxyl groups excluding tert-OH is 1. The Balaban J connectivity index is 1.34. The molecule has 2 atom stereocenters. The molecule has 5 rings (SSSR count). The molecule has 1 aliphatic rings. The van der Waals surface area contributed by atoms with Crippen LogP contribution < -0.4 is 10.0 Å². The molecule has 1 fully saturated rings. The fraction of sp³-hybridized carbons (Fsp3) is 0.156. The molecule has 218 valence electrons. The van der Waals surface area contributed by atoms with Gasteiger partial charge in [0.1, 0.15) is 0 Å². The van der Waals surface area contributed by atoms with Gasteiger partial charge in [-0.05, 0) is 55.8 Å². The van der Waals surface area contributed by atoms with Crippen molar-refractivity contribution in [1.29, 1.82) is 0 Å². The number of anilines is 1. The number of aryl methyl sites for hydroxylation is 1. The van der Waals surface area contributed by atoms with Gasteiger partial charge in [-0.25, -0.2) is 4.21 Å². The number of hydrogen-bond donors (Lipinski definition) is 3. The quantitative estimate of drug-likeness (QED) is 0.230. The highest BCUT2D eigenvalue weighted by Crippen LogP contribution is 2.16. The molecule has 0 radical (unpaired) electrons. The topological polar surface area (TPSA) is 142 Å². The van der Waals surface area contributed by atoms with Crippen LogP contribution in [0.4, 0.5) is 5.69 Å². The molecular formula is C32H28N4O6S. The van der Waals surface area contributed by atoms with Crippen LogP contribution in [0.5, 0.6) is 0 Å². The van der Waals surface area contributed by atoms with Gasteiger partial charge >= 0.3 is 0 Å². The average Bonchev–Trinajstić information content (AvgIpc) is 3.65. The van der Waals surface area contributed by atoms with Gasteiger partial charge < -0.3 is 19.7 Å². The summed E-state index contributed by atoms with van der Waals surface area (Å²) in [4.78, 5) is 44.4. The molecule has 2 unspecified atom stereocenters. The van der Waals surface area contributed by atoms with Gasteiger partial charge in [-0.1, -0.05) is 36.1 Å². The first-order chi connectivity index (χ1) is 20.7. The second-order valence-corrected chi connectivity index (χ2v) is 12.0. The van der Waals surface area contributed by atoms with E-state index in [0.717, 1.165) is 10.9 Å². The molecule has 3 heterocycles. The van der Waals surface area contributed by atoms with E-state index in [4.69, 9.17) is 4.42 Å². The Bertz CT molecular complexity index is 1860. The number of aliphatic hydroxyl groups is 1. The predicted molar refractivity (Wildman–Crippen MR) is 162 cm³/mol. The lowest BCUT2D eigenvalue weighted by atomic mass is 10.1. The fourth-order valence-electron chi connectivity index (χ4n) is 4.38. The maximum absolute atomic E-state index is 14.0. The monoisotopic (exact) mass is 596 g/mol. The van der Waals surface area contributed by atoms with E-state index in [-0.39, 0.29) is 28.7 Å². The third kappa shape index (κ3) is 7.19. The Morgan fingerprint density at radius 3 is 2.53 bits per heavy atom. The molecule has 3 amide bonds. The molecule has 2 aromatic carbocycles. The number of hydrogen-bond acceptors (Lipinski definition) is 7. The van der Waals surface area contributed by atoms with Crippen molar-refractivity contribution in [3.63, 3.8) is 0 Å². The predicted octanol–water partition coefficient (Wildman–Crippen LogP) is 3.02. The van der Waals surface area contributed by atoms with Crippen molar-refractivity contribution in [3.05, 3.63) is 113 Å². The van der Waals surface area contributed by atoms with Crippen molar-refractivity contribution in [2.45, 2.75) is 24.3 Å². The van der Waals surface area contributed by atoms with E-state index in [9.17, 15) is 23.7 Å². The minimum atomic E-state index is -3.47. The van der Waals surface area contributed by atoms with Gasteiger partial charge in [-0.3, -0.25) is 24.1 Å². The summed E-state index contributed by atoms with van der Waals surface area (Å²) in [6.07, 6.45) is 4.05. The van der Waals surface area contributed by atoms with Crippen molar-refractivity contribution in [2.75, 3.05) is 18.4 Å². The summed E-state index contributed by atoms with van der Waals surface area (Å²) in [6, 6.07) is 18.4. The van der Waals surface area contributed by atoms with Crippen molar-refractivity contribution >= 4 is 38.5 Å². The van der Waals surface area contributed by atoms with Crippen LogP contribution in [0, 0.1) is 18.8 Å². The van der Waals surface area contributed by atoms with Gasteiger partial charge in [0.05, 0.1) is 37.9 Å². The SMILES string of the molecule is Cc1ccoc1C(=O)Nc1cccc(C#Cc2cncc(C(=O)NS(=O)(=CC(=O)N3CCC(O)C3)c3ccccc3)c2)c1. The number of β-amino-alcohol motifs (C(OH)–C–C–N with tert-alkyl or cyclic N) is 1. The highest BCUT2D eigenvalue weighted by molar-refractivity contribution is 8.01. The zero-order chi connectivity index (χ0) is 30.4. The van der Waals surface area contributed by atoms with Gasteiger partial charge in [-0.15, -0.1) is 0 Å². The van der Waals surface area contributed by atoms with Crippen molar-refractivity contribution in [3.8, 4) is 11.8 Å². The Labute approximate surface area is 248 Å². The number of carbonyl (C=O) groups excluding carboxylic acids is 3. The zero-order valence-corrected chi connectivity index (χ0v) is 24.0. The van der Waals surface area contributed by atoms with Gasteiger partial charge in [0.15, 0.2) is 5.76 Å². The van der Waals surface area contributed by atoms with E-state index < -0.39 is 27.6 Å². The molecule has 1 aliphatic heterocycles. The van der Waals surface area contributed by atoms with Gasteiger partial charge in [0, 0.05) is 47.9 Å². The summed E-state index contributed by atoms with van der Waals surface area (Å²) < 4.78 is 21.8. The normalized spacial score (nSPS) is 15.5. The van der Waals surface area contributed by atoms with Crippen LogP contribution in [0.3, 0.4) is 0 Å². The molecule has 4 aromatic rings. The molecule has 0 aliphatic carbocycles. The number of furan rings is 1. The van der Waals surface area contributed by atoms with E-state index in [1.807, 2.05) is 0 Å². The molecule has 0 bridgehead atoms. The Morgan fingerprint density at radius 1 is 1.02 bits per heavy atom. The Kier molecular flexibility index (Phi) is 8.71. The number of pyridine rings is 1. The van der Waals surface area contributed by atoms with Crippen LogP contribution >= 0.6 is 0 Å². The smallest absolute Gasteiger partial charge is 0.291 e. The molecule has 2 aromatic heterocycles. The summed E-state index contributed by atoms with van der Waals surface area (Å²) in [5.74, 6) is 4.56. The maximum atomic E-state index is 14.0. The molecule has 10 nitrogen and oxygen atoms in total. The van der Waals surface area contributed by atoms with Crippen LogP contribution in [-0.4, -0.2) is 61.5 Å². The second kappa shape index (κ2) is 12.8. The largest absolute Gasteiger partial charge is 0.459 e. The number of nitrogens with one attached hydrogen (secondary N) is 2. The Hall–Kier alpha value is -5.18. The molecule has 1 saturated heterocycles. The number of amides is 3. The van der Waals surface area contributed by atoms with Gasteiger partial charge in [0.25, 0.3) is 17.7 Å². The van der Waals surface area contributed by atoms with Crippen molar-refractivity contribution < 1.29 is 28.1 Å². The third-order valence-electron chi connectivity index (χ3n) is 6.62. The lowest BCUT2D eigenvalue weighted by Crippen LogP contribution is -2.38. The van der Waals surface area contributed by atoms with Crippen LogP contribution in [0.25, 0.3) is 0 Å². The summed E-state index contributed by atoms with van der Waals surface area (Å²) >= 11 is 0. The molecule has 0 spiro atoms. The molecule has 0 saturated carbocycles. The summed E-state index contributed by atoms with van der Waals surface area (Å²) in [5, 5.41) is 13.6. The van der Waals surface area contributed by atoms with Crippen LogP contribution in [-0.2, 0) is 14.5 Å². The standard InChI is InChI=1S/C32H28N4O6S/c1-22-13-15-42-30(22)32(40)34-26-7-5-6-23(17-26)10-11-24-16-25(19-33-18-24)31(39)35-43(41,28-8-3-2-4-9-28)21-29(38)36-14-12-27(37)20-36/h2-9,13,15-19,21,27,37H,12,14,20H2,1H3,(H,34,40)(H,35,39,41). The zero-order valence-electron chi connectivity index (χ0n) is 23.2. The fourth-order valence-corrected chi connectivity index (χ4v) is 6.08. The van der Waals surface area contributed by atoms with Crippen molar-refractivity contribution in [1.82, 2.24) is 14.6 Å². The minimum absolute atomic E-state index is 0.0998. The van der Waals surface area contributed by atoms with E-state index in [1.54, 1.807) is 67.6 Å². The summed E-state index contributed by atoms with van der Waals surface area (Å²) in [7, 11) is -3.47. The minimum Gasteiger partial charge on any atom is -0.459 e. The van der Waals surface area contributed by atoms with Crippen LogP contribution in [0.2, 0.25) is 0 Å². The lowest BCUT2D eigenvalue weighted by molar-refractivity contribution is -0.122. The van der Waals surface area contributed by atoms with Crippen LogP contribution in [0.1, 0.15) is 44.0 Å². The molecule has 3 N–H and O–H groups in total. The van der Waals surface area contributed by atoms with Gasteiger partial charge in [-0.2, -0.15) is 0 Å². The highest BCUT2D eigenvalue weighted by atomic mass is 32.2. The third-order valence-corrected chi connectivity index (χ3v) is 8.61. The Morgan fingerprint density at radius 2 is 1.81 bits per heavy atom. The summed E-state index contributed by atoms with van der Waals surface area (Å²) in [6.45, 7) is 2.25. The highest BCUT2D eigenvalue weighted by Gasteiger charge is 2.26. The van der Waals surface area contributed by atoms with Gasteiger partial charge in [0.2, 0.25) is 0 Å².